The molecule has 1 aliphatic heterocycles. The van der Waals surface area contributed by atoms with E-state index in [9.17, 15) is 9.90 Å². The summed E-state index contributed by atoms with van der Waals surface area (Å²) in [6.07, 6.45) is 14.6. The summed E-state index contributed by atoms with van der Waals surface area (Å²) in [6, 6.07) is 8.08. The first-order valence-electron chi connectivity index (χ1n) is 15.2. The smallest absolute Gasteiger partial charge is 0.336 e. The van der Waals surface area contributed by atoms with Gasteiger partial charge in [0.2, 0.25) is 0 Å². The van der Waals surface area contributed by atoms with Crippen LogP contribution in [-0.4, -0.2) is 53.6 Å². The van der Waals surface area contributed by atoms with Crippen molar-refractivity contribution in [3.63, 3.8) is 0 Å². The number of likely N-dealkylation sites (tertiary alicyclic amines) is 1. The highest BCUT2D eigenvalue weighted by Crippen LogP contribution is 2.69. The maximum Gasteiger partial charge on any atom is 0.336 e. The number of rotatable bonds is 6. The van der Waals surface area contributed by atoms with Crippen molar-refractivity contribution >= 4 is 5.78 Å². The maximum atomic E-state index is 15.3. The van der Waals surface area contributed by atoms with Gasteiger partial charge in [0.05, 0.1) is 0 Å². The molecule has 4 unspecified atom stereocenters. The Labute approximate surface area is 236 Å². The van der Waals surface area contributed by atoms with Crippen molar-refractivity contribution in [2.45, 2.75) is 88.6 Å². The average molecular weight is 550 g/mol. The average Bonchev–Trinajstić information content (AvgIpc) is 3.24. The number of carbonyl (C=O) groups excluding carboxylic acids is 1. The summed E-state index contributed by atoms with van der Waals surface area (Å²) >= 11 is 0. The van der Waals surface area contributed by atoms with Gasteiger partial charge in [0.15, 0.2) is 5.78 Å². The van der Waals surface area contributed by atoms with Crippen molar-refractivity contribution < 1.29 is 23.4 Å². The number of nitrogens with zero attached hydrogens (tertiary/aromatic N) is 1. The van der Waals surface area contributed by atoms with Gasteiger partial charge in [0, 0.05) is 24.3 Å². The third kappa shape index (κ3) is 4.45. The fraction of sp³-hybridized carbons (Fsp3) is 0.618. The van der Waals surface area contributed by atoms with Crippen LogP contribution in [0.4, 0.5) is 8.78 Å². The number of alkyl halides is 2. The lowest BCUT2D eigenvalue weighted by molar-refractivity contribution is -0.209. The van der Waals surface area contributed by atoms with Gasteiger partial charge in [-0.1, -0.05) is 31.1 Å². The molecule has 3 fully saturated rings. The standard InChI is InChI=1S/C34H41F2NO3/c1-3-34(35,36)33(39)15-14-30-28-12-10-24-20-25(38)11-13-27(24)31(28)29(22-32(30,33)2)23-8-7-9-26(21-23)40-19-18-37-16-5-4-6-17-37/h1,7-9,20-21,28-30,39H,4-6,10-19,22H2,2H3/t28?,29-,30?,32?,33?/m1/s1. The van der Waals surface area contributed by atoms with E-state index in [1.165, 1.54) is 30.4 Å². The first-order chi connectivity index (χ1) is 19.2. The van der Waals surface area contributed by atoms with E-state index >= 15 is 8.78 Å². The molecule has 2 saturated carbocycles. The van der Waals surface area contributed by atoms with Crippen LogP contribution in [-0.2, 0) is 4.79 Å². The molecule has 0 bridgehead atoms. The van der Waals surface area contributed by atoms with Crippen LogP contribution < -0.4 is 4.74 Å². The van der Waals surface area contributed by atoms with E-state index in [4.69, 9.17) is 11.2 Å². The van der Waals surface area contributed by atoms with E-state index < -0.39 is 16.9 Å². The third-order valence-corrected chi connectivity index (χ3v) is 11.0. The predicted octanol–water partition coefficient (Wildman–Crippen LogP) is 6.45. The summed E-state index contributed by atoms with van der Waals surface area (Å²) in [6.45, 7) is 5.58. The molecule has 6 heteroatoms. The van der Waals surface area contributed by atoms with E-state index in [2.05, 4.69) is 17.0 Å². The lowest BCUT2D eigenvalue weighted by Gasteiger charge is -2.55. The van der Waals surface area contributed by atoms with Gasteiger partial charge in [0.25, 0.3) is 0 Å². The van der Waals surface area contributed by atoms with E-state index in [0.29, 0.717) is 32.3 Å². The summed E-state index contributed by atoms with van der Waals surface area (Å²) in [5, 5.41) is 11.7. The Bertz CT molecular complexity index is 1270. The molecule has 0 amide bonds. The second-order valence-electron chi connectivity index (χ2n) is 12.9. The van der Waals surface area contributed by atoms with Gasteiger partial charge >= 0.3 is 5.92 Å². The normalized spacial score (nSPS) is 34.4. The van der Waals surface area contributed by atoms with Crippen LogP contribution in [0.25, 0.3) is 0 Å². The molecule has 1 heterocycles. The Kier molecular flexibility index (Phi) is 7.20. The molecular weight excluding hydrogens is 508 g/mol. The number of halogens is 2. The SMILES string of the molecule is C#CC(F)(F)C1(O)CCC2C3CCC4=CC(=O)CCC4=C3[C@@H](c3cccc(OCCN4CCCCC4)c3)CC21C. The number of piperidine rings is 1. The zero-order valence-corrected chi connectivity index (χ0v) is 23.6. The van der Waals surface area contributed by atoms with Crippen molar-refractivity contribution in [2.75, 3.05) is 26.2 Å². The van der Waals surface area contributed by atoms with E-state index in [0.717, 1.165) is 49.4 Å². The molecule has 40 heavy (non-hydrogen) atoms. The molecular formula is C34H41F2NO3. The van der Waals surface area contributed by atoms with Crippen LogP contribution >= 0.6 is 0 Å². The van der Waals surface area contributed by atoms with Crippen LogP contribution in [0.5, 0.6) is 5.75 Å². The van der Waals surface area contributed by atoms with Gasteiger partial charge < -0.3 is 9.84 Å². The van der Waals surface area contributed by atoms with Crippen LogP contribution in [0, 0.1) is 29.6 Å². The molecule has 6 rings (SSSR count). The molecule has 214 valence electrons. The number of hydrogen-bond donors (Lipinski definition) is 1. The highest BCUT2D eigenvalue weighted by atomic mass is 19.3. The highest BCUT2D eigenvalue weighted by molar-refractivity contribution is 5.93. The van der Waals surface area contributed by atoms with Crippen molar-refractivity contribution in [1.82, 2.24) is 4.90 Å². The topological polar surface area (TPSA) is 49.8 Å². The van der Waals surface area contributed by atoms with Crippen molar-refractivity contribution in [2.24, 2.45) is 17.3 Å². The molecule has 4 aliphatic carbocycles. The Morgan fingerprint density at radius 2 is 1.98 bits per heavy atom. The quantitative estimate of drug-likeness (QED) is 0.415. The van der Waals surface area contributed by atoms with Crippen molar-refractivity contribution in [1.29, 1.82) is 0 Å². The van der Waals surface area contributed by atoms with E-state index in [-0.39, 0.29) is 30.0 Å². The van der Waals surface area contributed by atoms with E-state index in [1.54, 1.807) is 5.92 Å². The van der Waals surface area contributed by atoms with Crippen LogP contribution in [0.1, 0.15) is 82.6 Å². The molecule has 0 aromatic heterocycles. The van der Waals surface area contributed by atoms with Gasteiger partial charge in [-0.2, -0.15) is 8.78 Å². The highest BCUT2D eigenvalue weighted by Gasteiger charge is 2.71. The zero-order chi connectivity index (χ0) is 28.1. The fourth-order valence-electron chi connectivity index (χ4n) is 8.90. The molecule has 5 atom stereocenters. The molecule has 1 aromatic rings. The molecule has 1 saturated heterocycles. The Hall–Kier alpha value is -2.49. The summed E-state index contributed by atoms with van der Waals surface area (Å²) in [5.74, 6) is -1.16. The van der Waals surface area contributed by atoms with Gasteiger partial charge in [0.1, 0.15) is 18.0 Å². The third-order valence-electron chi connectivity index (χ3n) is 11.0. The molecule has 1 N–H and O–H groups in total. The number of ketones is 1. The number of fused-ring (bicyclic) bond motifs is 4. The minimum absolute atomic E-state index is 0.00195. The van der Waals surface area contributed by atoms with E-state index in [1.807, 2.05) is 25.1 Å². The zero-order valence-electron chi connectivity index (χ0n) is 23.6. The number of benzene rings is 1. The first-order valence-corrected chi connectivity index (χ1v) is 15.2. The van der Waals surface area contributed by atoms with Gasteiger partial charge in [-0.25, -0.2) is 0 Å². The number of allylic oxidation sites excluding steroid dienone is 4. The minimum atomic E-state index is -3.61. The maximum absolute atomic E-state index is 15.3. The van der Waals surface area contributed by atoms with Crippen LogP contribution in [0.15, 0.2) is 47.1 Å². The van der Waals surface area contributed by atoms with Gasteiger partial charge in [-0.3, -0.25) is 9.69 Å². The number of aliphatic hydroxyl groups is 1. The van der Waals surface area contributed by atoms with Crippen molar-refractivity contribution in [3.05, 3.63) is 52.6 Å². The predicted molar refractivity (Wildman–Crippen MR) is 151 cm³/mol. The molecule has 0 spiro atoms. The van der Waals surface area contributed by atoms with Crippen LogP contribution in [0.3, 0.4) is 0 Å². The Morgan fingerprint density at radius 3 is 2.75 bits per heavy atom. The molecule has 0 radical (unpaired) electrons. The monoisotopic (exact) mass is 549 g/mol. The van der Waals surface area contributed by atoms with Gasteiger partial charge in [-0.05, 0) is 117 Å². The second-order valence-corrected chi connectivity index (χ2v) is 12.9. The van der Waals surface area contributed by atoms with Gasteiger partial charge in [-0.15, -0.1) is 6.42 Å². The number of terminal acetylenes is 1. The molecule has 1 aromatic carbocycles. The van der Waals surface area contributed by atoms with Crippen molar-refractivity contribution in [3.8, 4) is 18.1 Å². The van der Waals surface area contributed by atoms with Crippen LogP contribution in [0.2, 0.25) is 0 Å². The molecule has 4 nitrogen and oxygen atoms in total. The second kappa shape index (κ2) is 10.4. The summed E-state index contributed by atoms with van der Waals surface area (Å²) in [7, 11) is 0. The molecule has 5 aliphatic rings. The Balaban J connectivity index is 1.37. The Morgan fingerprint density at radius 1 is 1.18 bits per heavy atom. The number of ether oxygens (including phenoxy) is 1. The lowest BCUT2D eigenvalue weighted by Crippen LogP contribution is -2.60. The summed E-state index contributed by atoms with van der Waals surface area (Å²) in [5.41, 5.74) is 1.39. The summed E-state index contributed by atoms with van der Waals surface area (Å²) < 4.78 is 36.8. The fourth-order valence-corrected chi connectivity index (χ4v) is 8.90. The number of carbonyl (C=O) groups is 1. The largest absolute Gasteiger partial charge is 0.492 e. The minimum Gasteiger partial charge on any atom is -0.492 e. The number of hydrogen-bond acceptors (Lipinski definition) is 4. The first kappa shape index (κ1) is 27.7. The lowest BCUT2D eigenvalue weighted by atomic mass is 9.50. The summed E-state index contributed by atoms with van der Waals surface area (Å²) in [4.78, 5) is 14.7.